The van der Waals surface area contributed by atoms with E-state index in [1.807, 2.05) is 0 Å². The molecule has 1 aromatic heterocycles. The van der Waals surface area contributed by atoms with Gasteiger partial charge in [-0.25, -0.2) is 9.38 Å². The molecule has 2 rings (SSSR count). The molecule has 0 spiro atoms. The number of carbonyl (C=O) groups is 1. The van der Waals surface area contributed by atoms with Crippen molar-refractivity contribution in [3.05, 3.63) is 35.3 Å². The van der Waals surface area contributed by atoms with Gasteiger partial charge < -0.3 is 16.4 Å². The van der Waals surface area contributed by atoms with Gasteiger partial charge in [-0.15, -0.1) is 0 Å². The van der Waals surface area contributed by atoms with E-state index < -0.39 is 30.1 Å². The van der Waals surface area contributed by atoms with Crippen molar-refractivity contribution in [3.63, 3.8) is 0 Å². The number of pyridine rings is 1. The van der Waals surface area contributed by atoms with Crippen LogP contribution in [0.4, 0.5) is 17.6 Å². The molecule has 1 amide bonds. The fourth-order valence-corrected chi connectivity index (χ4v) is 2.82. The summed E-state index contributed by atoms with van der Waals surface area (Å²) in [4.78, 5) is 19.7. The summed E-state index contributed by atoms with van der Waals surface area (Å²) in [5.41, 5.74) is 7.21. The van der Waals surface area contributed by atoms with Crippen LogP contribution in [0.3, 0.4) is 0 Å². The number of alkyl halides is 4. The van der Waals surface area contributed by atoms with E-state index in [-0.39, 0.29) is 13.0 Å². The zero-order chi connectivity index (χ0) is 20.9. The molecule has 0 radical (unpaired) electrons. The third-order valence-corrected chi connectivity index (χ3v) is 4.28. The normalized spacial score (nSPS) is 21.1. The van der Waals surface area contributed by atoms with E-state index in [9.17, 15) is 22.4 Å². The molecule has 1 aliphatic heterocycles. The molecule has 154 valence electrons. The molecule has 4 N–H and O–H groups in total. The van der Waals surface area contributed by atoms with Crippen LogP contribution in [-0.2, 0) is 11.3 Å². The van der Waals surface area contributed by atoms with Gasteiger partial charge in [0.05, 0.1) is 12.2 Å². The summed E-state index contributed by atoms with van der Waals surface area (Å²) in [6.07, 6.45) is -4.14. The average molecular weight is 401 g/mol. The Morgan fingerprint density at radius 2 is 2.18 bits per heavy atom. The Morgan fingerprint density at radius 1 is 1.46 bits per heavy atom. The van der Waals surface area contributed by atoms with Gasteiger partial charge in [0.15, 0.2) is 0 Å². The van der Waals surface area contributed by atoms with Crippen molar-refractivity contribution in [2.24, 2.45) is 10.7 Å². The quantitative estimate of drug-likeness (QED) is 0.388. The van der Waals surface area contributed by atoms with Gasteiger partial charge in [-0.2, -0.15) is 13.2 Å². The Kier molecular flexibility index (Phi) is 7.11. The van der Waals surface area contributed by atoms with Crippen molar-refractivity contribution in [2.45, 2.75) is 51.6 Å². The highest BCUT2D eigenvalue weighted by Crippen LogP contribution is 2.21. The molecule has 0 unspecified atom stereocenters. The Hall–Kier alpha value is -2.49. The topological polar surface area (TPSA) is 92.4 Å². The molecule has 1 saturated heterocycles. The molecule has 0 bridgehead atoms. The summed E-state index contributed by atoms with van der Waals surface area (Å²) in [5.74, 6) is -1.88. The van der Waals surface area contributed by atoms with Crippen molar-refractivity contribution >= 4 is 17.3 Å². The number of carbonyl (C=O) groups excluding carboxylic acids is 1. The van der Waals surface area contributed by atoms with E-state index in [2.05, 4.69) is 20.6 Å². The van der Waals surface area contributed by atoms with E-state index in [1.54, 1.807) is 26.0 Å². The second-order valence-electron chi connectivity index (χ2n) is 6.46. The lowest BCUT2D eigenvalue weighted by molar-refractivity contribution is -0.124. The maximum absolute atomic E-state index is 13.6. The number of aromatic nitrogens is 1. The van der Waals surface area contributed by atoms with Crippen LogP contribution in [0.1, 0.15) is 36.7 Å². The molecule has 2 heterocycles. The van der Waals surface area contributed by atoms with Gasteiger partial charge in [0.2, 0.25) is 11.7 Å². The van der Waals surface area contributed by atoms with Crippen LogP contribution in [0.15, 0.2) is 23.3 Å². The molecular formula is C18H23F4N5O. The minimum atomic E-state index is -4.69. The fourth-order valence-electron chi connectivity index (χ4n) is 2.82. The van der Waals surface area contributed by atoms with E-state index in [0.717, 1.165) is 6.20 Å². The highest BCUT2D eigenvalue weighted by Gasteiger charge is 2.33. The van der Waals surface area contributed by atoms with Gasteiger partial charge in [0, 0.05) is 11.9 Å². The molecule has 1 fully saturated rings. The molecule has 0 saturated carbocycles. The van der Waals surface area contributed by atoms with E-state index in [0.29, 0.717) is 35.5 Å². The molecule has 28 heavy (non-hydrogen) atoms. The molecule has 0 aliphatic carbocycles. The standard InChI is InChI=1S/C18H23F4N5O/c1-3-11(8-26-17(23)18(20,21)22)12-6-10(2)27-13(7-12)9-25-16(28)15-14(19)4-5-24-15/h6-8,14-15,24H,3-5,9H2,1-2H3,(H2,23,26)(H,25,28)/b11-8+/t14-,15-/m0/s1. The zero-order valence-corrected chi connectivity index (χ0v) is 15.6. The number of amides is 1. The number of aliphatic imine (C=N–C) groups is 1. The largest absolute Gasteiger partial charge is 0.448 e. The van der Waals surface area contributed by atoms with Crippen molar-refractivity contribution in [1.29, 1.82) is 0 Å². The summed E-state index contributed by atoms with van der Waals surface area (Å²) in [5, 5.41) is 5.43. The van der Waals surface area contributed by atoms with Crippen LogP contribution >= 0.6 is 0 Å². The molecule has 10 heteroatoms. The van der Waals surface area contributed by atoms with Crippen LogP contribution in [0.25, 0.3) is 5.57 Å². The van der Waals surface area contributed by atoms with Crippen molar-refractivity contribution in [3.8, 4) is 0 Å². The van der Waals surface area contributed by atoms with Crippen LogP contribution < -0.4 is 16.4 Å². The molecule has 0 aromatic carbocycles. The maximum atomic E-state index is 13.6. The van der Waals surface area contributed by atoms with E-state index in [4.69, 9.17) is 5.73 Å². The predicted octanol–water partition coefficient (Wildman–Crippen LogP) is 2.38. The van der Waals surface area contributed by atoms with Crippen molar-refractivity contribution in [1.82, 2.24) is 15.6 Å². The average Bonchev–Trinajstić information content (AvgIpc) is 3.05. The first-order valence-electron chi connectivity index (χ1n) is 8.84. The number of allylic oxidation sites excluding steroid dienone is 1. The Balaban J connectivity index is 2.16. The first-order chi connectivity index (χ1) is 13.1. The Bertz CT molecular complexity index is 776. The number of hydrogen-bond acceptors (Lipinski definition) is 4. The number of hydrogen-bond donors (Lipinski definition) is 3. The molecular weight excluding hydrogens is 378 g/mol. The van der Waals surface area contributed by atoms with Crippen LogP contribution in [0, 0.1) is 6.92 Å². The van der Waals surface area contributed by atoms with Gasteiger partial charge in [-0.05, 0) is 49.6 Å². The van der Waals surface area contributed by atoms with Gasteiger partial charge in [0.25, 0.3) is 0 Å². The second-order valence-corrected chi connectivity index (χ2v) is 6.46. The van der Waals surface area contributed by atoms with Crippen molar-refractivity contribution < 1.29 is 22.4 Å². The third kappa shape index (κ3) is 5.75. The maximum Gasteiger partial charge on any atom is 0.448 e. The lowest BCUT2D eigenvalue weighted by Gasteiger charge is -2.14. The number of halogens is 4. The number of amidine groups is 1. The van der Waals surface area contributed by atoms with Gasteiger partial charge in [0.1, 0.15) is 12.2 Å². The van der Waals surface area contributed by atoms with Crippen LogP contribution in [0.2, 0.25) is 0 Å². The summed E-state index contributed by atoms with van der Waals surface area (Å²) in [6, 6.07) is 2.47. The molecule has 2 atom stereocenters. The van der Waals surface area contributed by atoms with E-state index in [1.165, 1.54) is 0 Å². The molecule has 6 nitrogen and oxygen atoms in total. The summed E-state index contributed by atoms with van der Waals surface area (Å²) >= 11 is 0. The van der Waals surface area contributed by atoms with Crippen LogP contribution in [-0.4, -0.2) is 41.7 Å². The Labute approximate surface area is 160 Å². The van der Waals surface area contributed by atoms with Crippen molar-refractivity contribution in [2.75, 3.05) is 6.54 Å². The SMILES string of the molecule is CC/C(=C\N=C(N)C(F)(F)F)c1cc(C)nc(CNC(=O)[C@H]2NCC[C@@H]2F)c1. The van der Waals surface area contributed by atoms with Gasteiger partial charge >= 0.3 is 6.18 Å². The lowest BCUT2D eigenvalue weighted by Crippen LogP contribution is -2.44. The molecule has 1 aliphatic rings. The third-order valence-electron chi connectivity index (χ3n) is 4.28. The number of nitrogens with one attached hydrogen (secondary N) is 2. The summed E-state index contributed by atoms with van der Waals surface area (Å²) in [7, 11) is 0. The number of rotatable bonds is 6. The van der Waals surface area contributed by atoms with Gasteiger partial charge in [-0.3, -0.25) is 9.78 Å². The smallest absolute Gasteiger partial charge is 0.380 e. The molecule has 1 aromatic rings. The number of nitrogens with two attached hydrogens (primary N) is 1. The van der Waals surface area contributed by atoms with Gasteiger partial charge in [-0.1, -0.05) is 6.92 Å². The number of aryl methyl sites for hydroxylation is 1. The van der Waals surface area contributed by atoms with Crippen LogP contribution in [0.5, 0.6) is 0 Å². The first-order valence-corrected chi connectivity index (χ1v) is 8.84. The highest BCUT2D eigenvalue weighted by atomic mass is 19.4. The number of nitrogens with zero attached hydrogens (tertiary/aromatic N) is 2. The first kappa shape index (κ1) is 21.8. The predicted molar refractivity (Wildman–Crippen MR) is 98.1 cm³/mol. The highest BCUT2D eigenvalue weighted by molar-refractivity contribution is 5.87. The fraction of sp³-hybridized carbons (Fsp3) is 0.500. The monoisotopic (exact) mass is 401 g/mol. The Morgan fingerprint density at radius 3 is 2.75 bits per heavy atom. The van der Waals surface area contributed by atoms with E-state index >= 15 is 0 Å². The summed E-state index contributed by atoms with van der Waals surface area (Å²) in [6.45, 7) is 4.02. The summed E-state index contributed by atoms with van der Waals surface area (Å²) < 4.78 is 51.1. The second kappa shape index (κ2) is 9.13. The minimum Gasteiger partial charge on any atom is -0.380 e. The minimum absolute atomic E-state index is 0.0728. The lowest BCUT2D eigenvalue weighted by atomic mass is 10.0. The zero-order valence-electron chi connectivity index (χ0n) is 15.6.